The van der Waals surface area contributed by atoms with E-state index in [1.807, 2.05) is 25.1 Å². The third-order valence-corrected chi connectivity index (χ3v) is 2.54. The highest BCUT2D eigenvalue weighted by atomic mass is 19.1. The second kappa shape index (κ2) is 4.94. The average molecular weight is 192 g/mol. The molecule has 1 rings (SSSR count). The van der Waals surface area contributed by atoms with E-state index in [0.717, 1.165) is 24.0 Å². The lowest BCUT2D eigenvalue weighted by Crippen LogP contribution is -1.99. The van der Waals surface area contributed by atoms with Crippen molar-refractivity contribution in [2.24, 2.45) is 0 Å². The maximum Gasteiger partial charge on any atom is 0.126 e. The monoisotopic (exact) mass is 192 g/mol. The highest BCUT2D eigenvalue weighted by molar-refractivity contribution is 5.26. The highest BCUT2D eigenvalue weighted by Crippen LogP contribution is 2.26. The molecule has 0 bridgehead atoms. The molecular weight excluding hydrogens is 175 g/mol. The number of rotatable bonds is 4. The maximum atomic E-state index is 13.6. The van der Waals surface area contributed by atoms with Gasteiger partial charge in [0.15, 0.2) is 0 Å². The molecule has 1 atom stereocenters. The van der Waals surface area contributed by atoms with Crippen LogP contribution in [0.4, 0.5) is 4.39 Å². The van der Waals surface area contributed by atoms with E-state index in [2.05, 4.69) is 13.5 Å². The van der Waals surface area contributed by atoms with Crippen molar-refractivity contribution < 1.29 is 4.39 Å². The minimum absolute atomic E-state index is 0.0845. The molecular formula is C13H17F. The predicted molar refractivity (Wildman–Crippen MR) is 59.0 cm³/mol. The molecule has 0 fully saturated rings. The minimum atomic E-state index is -0.0845. The zero-order chi connectivity index (χ0) is 10.6. The zero-order valence-electron chi connectivity index (χ0n) is 8.89. The topological polar surface area (TPSA) is 0 Å². The first-order valence-electron chi connectivity index (χ1n) is 5.06. The van der Waals surface area contributed by atoms with Crippen molar-refractivity contribution in [2.75, 3.05) is 0 Å². The van der Waals surface area contributed by atoms with Crippen molar-refractivity contribution in [1.29, 1.82) is 0 Å². The fourth-order valence-corrected chi connectivity index (χ4v) is 1.68. The lowest BCUT2D eigenvalue weighted by Gasteiger charge is -2.14. The van der Waals surface area contributed by atoms with Gasteiger partial charge in [-0.3, -0.25) is 0 Å². The molecule has 0 saturated carbocycles. The van der Waals surface area contributed by atoms with E-state index in [-0.39, 0.29) is 11.7 Å². The van der Waals surface area contributed by atoms with Crippen molar-refractivity contribution in [2.45, 2.75) is 32.6 Å². The van der Waals surface area contributed by atoms with Gasteiger partial charge < -0.3 is 0 Å². The molecule has 0 saturated heterocycles. The quantitative estimate of drug-likeness (QED) is 0.627. The Balaban J connectivity index is 2.97. The number of halogens is 1. The Morgan fingerprint density at radius 1 is 1.50 bits per heavy atom. The van der Waals surface area contributed by atoms with Gasteiger partial charge in [-0.2, -0.15) is 0 Å². The first-order valence-corrected chi connectivity index (χ1v) is 5.06. The molecule has 0 nitrogen and oxygen atoms in total. The minimum Gasteiger partial charge on any atom is -0.207 e. The lowest BCUT2D eigenvalue weighted by atomic mass is 9.92. The SMILES string of the molecule is C=CCC(CC)c1ccc(C)cc1F. The van der Waals surface area contributed by atoms with Crippen LogP contribution in [0.15, 0.2) is 30.9 Å². The van der Waals surface area contributed by atoms with Gasteiger partial charge in [-0.25, -0.2) is 4.39 Å². The van der Waals surface area contributed by atoms with Gasteiger partial charge in [-0.15, -0.1) is 6.58 Å². The number of hydrogen-bond acceptors (Lipinski definition) is 0. The summed E-state index contributed by atoms with van der Waals surface area (Å²) in [4.78, 5) is 0. The molecule has 0 aliphatic rings. The molecule has 1 aromatic carbocycles. The van der Waals surface area contributed by atoms with Gasteiger partial charge in [0.05, 0.1) is 0 Å². The second-order valence-electron chi connectivity index (χ2n) is 3.65. The normalized spacial score (nSPS) is 12.5. The van der Waals surface area contributed by atoms with E-state index in [0.29, 0.717) is 0 Å². The van der Waals surface area contributed by atoms with Crippen molar-refractivity contribution >= 4 is 0 Å². The summed E-state index contributed by atoms with van der Waals surface area (Å²) in [6, 6.07) is 5.45. The zero-order valence-corrected chi connectivity index (χ0v) is 8.89. The van der Waals surface area contributed by atoms with Gasteiger partial charge in [-0.05, 0) is 42.9 Å². The summed E-state index contributed by atoms with van der Waals surface area (Å²) in [6.45, 7) is 7.68. The third kappa shape index (κ3) is 2.44. The summed E-state index contributed by atoms with van der Waals surface area (Å²) in [7, 11) is 0. The molecule has 0 amide bonds. The lowest BCUT2D eigenvalue weighted by molar-refractivity contribution is 0.568. The molecule has 14 heavy (non-hydrogen) atoms. The van der Waals surface area contributed by atoms with Crippen LogP contribution < -0.4 is 0 Å². The van der Waals surface area contributed by atoms with E-state index >= 15 is 0 Å². The first kappa shape index (κ1) is 11.0. The van der Waals surface area contributed by atoms with Crippen LogP contribution in [-0.2, 0) is 0 Å². The Morgan fingerprint density at radius 3 is 2.71 bits per heavy atom. The van der Waals surface area contributed by atoms with Crippen molar-refractivity contribution in [3.05, 3.63) is 47.8 Å². The summed E-state index contributed by atoms with van der Waals surface area (Å²) in [6.07, 6.45) is 3.65. The maximum absolute atomic E-state index is 13.6. The molecule has 0 radical (unpaired) electrons. The highest BCUT2D eigenvalue weighted by Gasteiger charge is 2.12. The molecule has 0 aliphatic heterocycles. The number of aryl methyl sites for hydroxylation is 1. The van der Waals surface area contributed by atoms with Crippen LogP contribution in [0.1, 0.15) is 36.8 Å². The van der Waals surface area contributed by atoms with E-state index < -0.39 is 0 Å². The molecule has 76 valence electrons. The standard InChI is InChI=1S/C13H17F/c1-4-6-11(5-2)12-8-7-10(3)9-13(12)14/h4,7-9,11H,1,5-6H2,2-3H3. The fraction of sp³-hybridized carbons (Fsp3) is 0.385. The van der Waals surface area contributed by atoms with E-state index in [4.69, 9.17) is 0 Å². The van der Waals surface area contributed by atoms with Crippen LogP contribution in [-0.4, -0.2) is 0 Å². The van der Waals surface area contributed by atoms with Crippen molar-refractivity contribution in [1.82, 2.24) is 0 Å². The summed E-state index contributed by atoms with van der Waals surface area (Å²) >= 11 is 0. The molecule has 1 unspecified atom stereocenters. The predicted octanol–water partition coefficient (Wildman–Crippen LogP) is 4.20. The van der Waals surface area contributed by atoms with Gasteiger partial charge in [0.1, 0.15) is 5.82 Å². The number of benzene rings is 1. The second-order valence-corrected chi connectivity index (χ2v) is 3.65. The average Bonchev–Trinajstić information content (AvgIpc) is 2.15. The fourth-order valence-electron chi connectivity index (χ4n) is 1.68. The van der Waals surface area contributed by atoms with Gasteiger partial charge in [0.25, 0.3) is 0 Å². The molecule has 0 heterocycles. The van der Waals surface area contributed by atoms with Gasteiger partial charge in [0, 0.05) is 0 Å². The van der Waals surface area contributed by atoms with Crippen molar-refractivity contribution in [3.8, 4) is 0 Å². The van der Waals surface area contributed by atoms with Crippen LogP contribution in [0.25, 0.3) is 0 Å². The van der Waals surface area contributed by atoms with Gasteiger partial charge in [-0.1, -0.05) is 25.1 Å². The molecule has 0 spiro atoms. The number of hydrogen-bond donors (Lipinski definition) is 0. The van der Waals surface area contributed by atoms with Crippen LogP contribution in [0, 0.1) is 12.7 Å². The Morgan fingerprint density at radius 2 is 2.21 bits per heavy atom. The Kier molecular flexibility index (Phi) is 3.87. The summed E-state index contributed by atoms with van der Waals surface area (Å²) in [5.41, 5.74) is 1.79. The summed E-state index contributed by atoms with van der Waals surface area (Å²) < 4.78 is 13.6. The smallest absolute Gasteiger partial charge is 0.126 e. The van der Waals surface area contributed by atoms with Crippen LogP contribution in [0.2, 0.25) is 0 Å². The van der Waals surface area contributed by atoms with Crippen LogP contribution in [0.5, 0.6) is 0 Å². The largest absolute Gasteiger partial charge is 0.207 e. The molecule has 0 aliphatic carbocycles. The van der Waals surface area contributed by atoms with Crippen LogP contribution >= 0.6 is 0 Å². The van der Waals surface area contributed by atoms with Crippen LogP contribution in [0.3, 0.4) is 0 Å². The van der Waals surface area contributed by atoms with E-state index in [9.17, 15) is 4.39 Å². The molecule has 0 N–H and O–H groups in total. The summed E-state index contributed by atoms with van der Waals surface area (Å²) in [5.74, 6) is 0.187. The first-order chi connectivity index (χ1) is 6.69. The molecule has 0 aromatic heterocycles. The Hall–Kier alpha value is -1.11. The third-order valence-electron chi connectivity index (χ3n) is 2.54. The van der Waals surface area contributed by atoms with Crippen molar-refractivity contribution in [3.63, 3.8) is 0 Å². The molecule has 1 aromatic rings. The van der Waals surface area contributed by atoms with Gasteiger partial charge >= 0.3 is 0 Å². The van der Waals surface area contributed by atoms with E-state index in [1.54, 1.807) is 6.07 Å². The Labute approximate surface area is 85.5 Å². The molecule has 1 heteroatoms. The van der Waals surface area contributed by atoms with E-state index in [1.165, 1.54) is 0 Å². The van der Waals surface area contributed by atoms with Gasteiger partial charge in [0.2, 0.25) is 0 Å². The summed E-state index contributed by atoms with van der Waals surface area (Å²) in [5, 5.41) is 0. The number of allylic oxidation sites excluding steroid dienone is 1. The Bertz CT molecular complexity index is 315.